The normalized spacial score (nSPS) is 21.5. The van der Waals surface area contributed by atoms with E-state index in [-0.39, 0.29) is 12.1 Å². The molecule has 1 heterocycles. The highest BCUT2D eigenvalue weighted by molar-refractivity contribution is 7.88. The van der Waals surface area contributed by atoms with Crippen LogP contribution in [0.1, 0.15) is 18.4 Å². The van der Waals surface area contributed by atoms with Crippen molar-refractivity contribution >= 4 is 10.0 Å². The van der Waals surface area contributed by atoms with Crippen molar-refractivity contribution in [2.45, 2.75) is 31.3 Å². The summed E-state index contributed by atoms with van der Waals surface area (Å²) in [5, 5.41) is 3.47. The van der Waals surface area contributed by atoms with Crippen LogP contribution >= 0.6 is 0 Å². The molecule has 2 atom stereocenters. The lowest BCUT2D eigenvalue weighted by molar-refractivity contribution is 0.329. The molecule has 4 nitrogen and oxygen atoms in total. The van der Waals surface area contributed by atoms with Crippen molar-refractivity contribution in [3.05, 3.63) is 60.2 Å². The van der Waals surface area contributed by atoms with E-state index in [1.165, 1.54) is 22.9 Å². The summed E-state index contributed by atoms with van der Waals surface area (Å²) in [5.41, 5.74) is 3.61. The van der Waals surface area contributed by atoms with Crippen LogP contribution in [0.4, 0.5) is 0 Å². The van der Waals surface area contributed by atoms with Gasteiger partial charge in [0.15, 0.2) is 0 Å². The van der Waals surface area contributed by atoms with Crippen LogP contribution < -0.4 is 10.0 Å². The molecule has 0 bridgehead atoms. The van der Waals surface area contributed by atoms with Crippen molar-refractivity contribution in [3.63, 3.8) is 0 Å². The van der Waals surface area contributed by atoms with Gasteiger partial charge >= 0.3 is 0 Å². The first-order valence-electron chi connectivity index (χ1n) is 8.36. The van der Waals surface area contributed by atoms with Crippen LogP contribution in [0, 0.1) is 0 Å². The molecule has 5 heteroatoms. The summed E-state index contributed by atoms with van der Waals surface area (Å²) in [7, 11) is -3.19. The Bertz CT molecular complexity index is 775. The zero-order valence-electron chi connectivity index (χ0n) is 13.9. The Balaban J connectivity index is 1.77. The van der Waals surface area contributed by atoms with Gasteiger partial charge in [0.05, 0.1) is 6.26 Å². The van der Waals surface area contributed by atoms with Crippen LogP contribution in [-0.2, 0) is 16.4 Å². The molecule has 1 fully saturated rings. The van der Waals surface area contributed by atoms with Gasteiger partial charge in [0, 0.05) is 12.1 Å². The van der Waals surface area contributed by atoms with E-state index in [2.05, 4.69) is 46.4 Å². The number of rotatable bonds is 5. The summed E-state index contributed by atoms with van der Waals surface area (Å²) in [5.74, 6) is 0. The lowest BCUT2D eigenvalue weighted by Crippen LogP contribution is -2.54. The third-order valence-corrected chi connectivity index (χ3v) is 5.17. The number of benzene rings is 2. The van der Waals surface area contributed by atoms with Crippen molar-refractivity contribution in [2.75, 3.05) is 12.8 Å². The Kier molecular flexibility index (Phi) is 5.33. The van der Waals surface area contributed by atoms with Gasteiger partial charge in [-0.3, -0.25) is 0 Å². The first kappa shape index (κ1) is 17.1. The van der Waals surface area contributed by atoms with Crippen molar-refractivity contribution in [3.8, 4) is 11.1 Å². The monoisotopic (exact) mass is 344 g/mol. The molecule has 0 saturated carbocycles. The number of hydrogen-bond donors (Lipinski definition) is 2. The van der Waals surface area contributed by atoms with E-state index in [4.69, 9.17) is 0 Å². The Hall–Kier alpha value is -1.69. The van der Waals surface area contributed by atoms with Crippen LogP contribution in [0.5, 0.6) is 0 Å². The predicted molar refractivity (Wildman–Crippen MR) is 98.4 cm³/mol. The number of piperidine rings is 1. The minimum Gasteiger partial charge on any atom is -0.312 e. The maximum Gasteiger partial charge on any atom is 0.209 e. The third-order valence-electron chi connectivity index (χ3n) is 4.44. The molecule has 0 spiro atoms. The summed E-state index contributed by atoms with van der Waals surface area (Å²) < 4.78 is 26.0. The second-order valence-corrected chi connectivity index (χ2v) is 8.25. The quantitative estimate of drug-likeness (QED) is 0.876. The van der Waals surface area contributed by atoms with Crippen molar-refractivity contribution in [1.29, 1.82) is 0 Å². The SMILES string of the molecule is CS(=O)(=O)NC1CCCNC1Cc1cccc(-c2ccccc2)c1. The van der Waals surface area contributed by atoms with Crippen LogP contribution in [0.2, 0.25) is 0 Å². The molecule has 0 aromatic heterocycles. The van der Waals surface area contributed by atoms with Crippen LogP contribution in [0.15, 0.2) is 54.6 Å². The maximum absolute atomic E-state index is 11.6. The fraction of sp³-hybridized carbons (Fsp3) is 0.368. The van der Waals surface area contributed by atoms with Gasteiger partial charge < -0.3 is 5.32 Å². The van der Waals surface area contributed by atoms with E-state index in [0.29, 0.717) is 0 Å². The lowest BCUT2D eigenvalue weighted by atomic mass is 9.92. The van der Waals surface area contributed by atoms with Gasteiger partial charge in [-0.1, -0.05) is 54.6 Å². The maximum atomic E-state index is 11.6. The lowest BCUT2D eigenvalue weighted by Gasteiger charge is -2.33. The average Bonchev–Trinajstić information content (AvgIpc) is 2.56. The third kappa shape index (κ3) is 4.66. The molecule has 2 aromatic carbocycles. The predicted octanol–water partition coefficient (Wildman–Crippen LogP) is 2.57. The number of hydrogen-bond acceptors (Lipinski definition) is 3. The molecule has 0 aliphatic carbocycles. The molecular formula is C19H24N2O2S. The first-order chi connectivity index (χ1) is 11.5. The van der Waals surface area contributed by atoms with Crippen molar-refractivity contribution in [1.82, 2.24) is 10.0 Å². The van der Waals surface area contributed by atoms with Gasteiger partial charge in [0.1, 0.15) is 0 Å². The van der Waals surface area contributed by atoms with E-state index in [1.54, 1.807) is 0 Å². The molecule has 1 saturated heterocycles. The van der Waals surface area contributed by atoms with Crippen LogP contribution in [0.3, 0.4) is 0 Å². The molecule has 0 radical (unpaired) electrons. The fourth-order valence-corrected chi connectivity index (χ4v) is 4.18. The van der Waals surface area contributed by atoms with E-state index < -0.39 is 10.0 Å². The Morgan fingerprint density at radius 2 is 1.83 bits per heavy atom. The first-order valence-corrected chi connectivity index (χ1v) is 10.3. The summed E-state index contributed by atoms with van der Waals surface area (Å²) in [4.78, 5) is 0. The molecule has 2 N–H and O–H groups in total. The Morgan fingerprint density at radius 3 is 2.58 bits per heavy atom. The summed E-state index contributed by atoms with van der Waals surface area (Å²) in [6.07, 6.45) is 3.92. The van der Waals surface area contributed by atoms with E-state index in [0.717, 1.165) is 25.8 Å². The molecule has 1 aliphatic rings. The second kappa shape index (κ2) is 7.47. The van der Waals surface area contributed by atoms with Gasteiger partial charge in [-0.2, -0.15) is 0 Å². The Morgan fingerprint density at radius 1 is 1.08 bits per heavy atom. The molecule has 2 aromatic rings. The van der Waals surface area contributed by atoms with Gasteiger partial charge in [-0.15, -0.1) is 0 Å². The zero-order valence-corrected chi connectivity index (χ0v) is 14.7. The van der Waals surface area contributed by atoms with Gasteiger partial charge in [0.2, 0.25) is 10.0 Å². The smallest absolute Gasteiger partial charge is 0.209 e. The summed E-state index contributed by atoms with van der Waals surface area (Å²) in [6, 6.07) is 18.9. The highest BCUT2D eigenvalue weighted by atomic mass is 32.2. The number of nitrogens with one attached hydrogen (secondary N) is 2. The topological polar surface area (TPSA) is 58.2 Å². The van der Waals surface area contributed by atoms with Gasteiger partial charge in [-0.25, -0.2) is 13.1 Å². The van der Waals surface area contributed by atoms with Gasteiger partial charge in [-0.05, 0) is 42.5 Å². The second-order valence-electron chi connectivity index (χ2n) is 6.47. The molecule has 24 heavy (non-hydrogen) atoms. The van der Waals surface area contributed by atoms with E-state index >= 15 is 0 Å². The minimum atomic E-state index is -3.19. The molecule has 1 aliphatic heterocycles. The fourth-order valence-electron chi connectivity index (χ4n) is 3.35. The van der Waals surface area contributed by atoms with Gasteiger partial charge in [0.25, 0.3) is 0 Å². The van der Waals surface area contributed by atoms with Crippen LogP contribution in [0.25, 0.3) is 11.1 Å². The zero-order chi connectivity index (χ0) is 17.0. The molecule has 128 valence electrons. The Labute approximate surface area is 144 Å². The molecule has 0 amide bonds. The van der Waals surface area contributed by atoms with Crippen LogP contribution in [-0.4, -0.2) is 33.3 Å². The summed E-state index contributed by atoms with van der Waals surface area (Å²) >= 11 is 0. The average molecular weight is 344 g/mol. The van der Waals surface area contributed by atoms with E-state index in [9.17, 15) is 8.42 Å². The van der Waals surface area contributed by atoms with E-state index in [1.807, 2.05) is 18.2 Å². The molecule has 3 rings (SSSR count). The highest BCUT2D eigenvalue weighted by Gasteiger charge is 2.27. The standard InChI is InChI=1S/C19H24N2O2S/c1-24(22,23)21-18-11-6-12-20-19(18)14-15-7-5-10-17(13-15)16-8-3-2-4-9-16/h2-5,7-10,13,18-21H,6,11-12,14H2,1H3. The number of sulfonamides is 1. The summed E-state index contributed by atoms with van der Waals surface area (Å²) in [6.45, 7) is 0.936. The minimum absolute atomic E-state index is 0.0471. The highest BCUT2D eigenvalue weighted by Crippen LogP contribution is 2.22. The van der Waals surface area contributed by atoms with Crippen molar-refractivity contribution in [2.24, 2.45) is 0 Å². The van der Waals surface area contributed by atoms with Crippen molar-refractivity contribution < 1.29 is 8.42 Å². The molecular weight excluding hydrogens is 320 g/mol. The molecule has 2 unspecified atom stereocenters. The largest absolute Gasteiger partial charge is 0.312 e.